The van der Waals surface area contributed by atoms with Crippen LogP contribution in [0.3, 0.4) is 0 Å². The SMILES string of the molecule is C=C1OC(C)(C)O[C@@H]1CC(=O)OC. The van der Waals surface area contributed by atoms with Gasteiger partial charge in [0.2, 0.25) is 5.79 Å². The smallest absolute Gasteiger partial charge is 0.308 e. The van der Waals surface area contributed by atoms with E-state index in [-0.39, 0.29) is 18.5 Å². The molecule has 4 heteroatoms. The van der Waals surface area contributed by atoms with E-state index in [0.717, 1.165) is 0 Å². The predicted octanol–water partition coefficient (Wildman–Crippen LogP) is 1.21. The van der Waals surface area contributed by atoms with Crippen molar-refractivity contribution in [3.05, 3.63) is 12.3 Å². The van der Waals surface area contributed by atoms with Gasteiger partial charge in [-0.3, -0.25) is 4.79 Å². The van der Waals surface area contributed by atoms with Gasteiger partial charge in [0.1, 0.15) is 11.9 Å². The molecule has 4 nitrogen and oxygen atoms in total. The third-order valence-corrected chi connectivity index (χ3v) is 1.74. The average Bonchev–Trinajstić information content (AvgIpc) is 2.24. The number of rotatable bonds is 2. The Hall–Kier alpha value is -1.03. The maximum Gasteiger partial charge on any atom is 0.308 e. The molecule has 0 aromatic rings. The Kier molecular flexibility index (Phi) is 2.61. The Bertz CT molecular complexity index is 232. The molecule has 13 heavy (non-hydrogen) atoms. The van der Waals surface area contributed by atoms with Crippen LogP contribution in [0.2, 0.25) is 0 Å². The zero-order valence-electron chi connectivity index (χ0n) is 8.12. The van der Waals surface area contributed by atoms with Crippen LogP contribution in [0.15, 0.2) is 12.3 Å². The summed E-state index contributed by atoms with van der Waals surface area (Å²) in [4.78, 5) is 10.9. The van der Waals surface area contributed by atoms with E-state index in [1.807, 2.05) is 0 Å². The van der Waals surface area contributed by atoms with Gasteiger partial charge in [0.25, 0.3) is 0 Å². The van der Waals surface area contributed by atoms with Crippen molar-refractivity contribution in [1.29, 1.82) is 0 Å². The number of carbonyl (C=O) groups is 1. The van der Waals surface area contributed by atoms with Crippen LogP contribution in [-0.4, -0.2) is 25.0 Å². The van der Waals surface area contributed by atoms with Gasteiger partial charge < -0.3 is 14.2 Å². The fraction of sp³-hybridized carbons (Fsp3) is 0.667. The van der Waals surface area contributed by atoms with E-state index in [1.165, 1.54) is 7.11 Å². The van der Waals surface area contributed by atoms with Crippen LogP contribution >= 0.6 is 0 Å². The van der Waals surface area contributed by atoms with Crippen LogP contribution in [-0.2, 0) is 19.0 Å². The van der Waals surface area contributed by atoms with Crippen LogP contribution in [0.4, 0.5) is 0 Å². The summed E-state index contributed by atoms with van der Waals surface area (Å²) < 4.78 is 15.2. The minimum atomic E-state index is -0.685. The second-order valence-corrected chi connectivity index (χ2v) is 3.35. The largest absolute Gasteiger partial charge is 0.469 e. The lowest BCUT2D eigenvalue weighted by Crippen LogP contribution is -2.23. The second kappa shape index (κ2) is 3.38. The minimum Gasteiger partial charge on any atom is -0.469 e. The molecule has 0 unspecified atom stereocenters. The molecule has 0 saturated carbocycles. The molecule has 1 saturated heterocycles. The summed E-state index contributed by atoms with van der Waals surface area (Å²) in [6.45, 7) is 7.21. The predicted molar refractivity (Wildman–Crippen MR) is 45.8 cm³/mol. The molecule has 1 rings (SSSR count). The van der Waals surface area contributed by atoms with Gasteiger partial charge in [-0.15, -0.1) is 0 Å². The van der Waals surface area contributed by atoms with Crippen LogP contribution in [0, 0.1) is 0 Å². The summed E-state index contributed by atoms with van der Waals surface area (Å²) in [7, 11) is 1.34. The van der Waals surface area contributed by atoms with Crippen molar-refractivity contribution in [3.8, 4) is 0 Å². The Morgan fingerprint density at radius 1 is 1.69 bits per heavy atom. The molecule has 0 radical (unpaired) electrons. The van der Waals surface area contributed by atoms with E-state index >= 15 is 0 Å². The van der Waals surface area contributed by atoms with Crippen molar-refractivity contribution < 1.29 is 19.0 Å². The van der Waals surface area contributed by atoms with E-state index in [9.17, 15) is 4.79 Å². The van der Waals surface area contributed by atoms with Gasteiger partial charge in [0.05, 0.1) is 13.5 Å². The number of esters is 1. The fourth-order valence-corrected chi connectivity index (χ4v) is 1.20. The molecular formula is C9H14O4. The molecule has 0 aliphatic carbocycles. The molecule has 1 aliphatic rings. The standard InChI is InChI=1S/C9H14O4/c1-6-7(5-8(10)11-4)13-9(2,3)12-6/h7H,1,5H2,2-4H3/t7-/m1/s1. The maximum atomic E-state index is 10.9. The molecule has 1 aliphatic heterocycles. The molecule has 1 fully saturated rings. The Morgan fingerprint density at radius 2 is 2.31 bits per heavy atom. The summed E-state index contributed by atoms with van der Waals surface area (Å²) in [5, 5.41) is 0. The zero-order chi connectivity index (χ0) is 10.1. The van der Waals surface area contributed by atoms with Gasteiger partial charge in [-0.05, 0) is 0 Å². The number of carbonyl (C=O) groups excluding carboxylic acids is 1. The first-order valence-corrected chi connectivity index (χ1v) is 4.07. The van der Waals surface area contributed by atoms with Gasteiger partial charge in [0, 0.05) is 13.8 Å². The summed E-state index contributed by atoms with van der Waals surface area (Å²) >= 11 is 0. The first kappa shape index (κ1) is 10.1. The quantitative estimate of drug-likeness (QED) is 0.608. The van der Waals surface area contributed by atoms with E-state index in [0.29, 0.717) is 5.76 Å². The molecule has 1 heterocycles. The number of ether oxygens (including phenoxy) is 3. The lowest BCUT2D eigenvalue weighted by molar-refractivity contribution is -0.151. The van der Waals surface area contributed by atoms with Gasteiger partial charge in [-0.25, -0.2) is 0 Å². The molecule has 0 spiro atoms. The summed E-state index contributed by atoms with van der Waals surface area (Å²) in [6.07, 6.45) is -0.235. The van der Waals surface area contributed by atoms with Crippen molar-refractivity contribution in [3.63, 3.8) is 0 Å². The summed E-state index contributed by atoms with van der Waals surface area (Å²) in [5.74, 6) is -0.529. The molecule has 0 bridgehead atoms. The van der Waals surface area contributed by atoms with Crippen molar-refractivity contribution in [2.24, 2.45) is 0 Å². The lowest BCUT2D eigenvalue weighted by Gasteiger charge is -2.15. The zero-order valence-corrected chi connectivity index (χ0v) is 8.12. The van der Waals surface area contributed by atoms with Gasteiger partial charge >= 0.3 is 5.97 Å². The first-order valence-electron chi connectivity index (χ1n) is 4.07. The summed E-state index contributed by atoms with van der Waals surface area (Å²) in [5.41, 5.74) is 0. The van der Waals surface area contributed by atoms with E-state index in [1.54, 1.807) is 13.8 Å². The molecule has 0 amide bonds. The Labute approximate surface area is 77.5 Å². The molecule has 1 atom stereocenters. The highest BCUT2D eigenvalue weighted by Crippen LogP contribution is 2.31. The highest BCUT2D eigenvalue weighted by atomic mass is 16.7. The average molecular weight is 186 g/mol. The topological polar surface area (TPSA) is 44.8 Å². The van der Waals surface area contributed by atoms with Gasteiger partial charge in [0.15, 0.2) is 0 Å². The normalized spacial score (nSPS) is 25.5. The Balaban J connectivity index is 2.54. The van der Waals surface area contributed by atoms with Crippen molar-refractivity contribution in [1.82, 2.24) is 0 Å². The number of methoxy groups -OCH3 is 1. The highest BCUT2D eigenvalue weighted by Gasteiger charge is 2.37. The van der Waals surface area contributed by atoms with Crippen molar-refractivity contribution in [2.45, 2.75) is 32.2 Å². The second-order valence-electron chi connectivity index (χ2n) is 3.35. The third-order valence-electron chi connectivity index (χ3n) is 1.74. The highest BCUT2D eigenvalue weighted by molar-refractivity contribution is 5.70. The Morgan fingerprint density at radius 3 is 2.69 bits per heavy atom. The number of hydrogen-bond donors (Lipinski definition) is 0. The lowest BCUT2D eigenvalue weighted by atomic mass is 10.2. The van der Waals surface area contributed by atoms with E-state index < -0.39 is 5.79 Å². The summed E-state index contributed by atoms with van der Waals surface area (Å²) in [6, 6.07) is 0. The minimum absolute atomic E-state index is 0.152. The third kappa shape index (κ3) is 2.45. The van der Waals surface area contributed by atoms with E-state index in [4.69, 9.17) is 9.47 Å². The molecular weight excluding hydrogens is 172 g/mol. The molecule has 0 aromatic carbocycles. The van der Waals surface area contributed by atoms with Crippen LogP contribution in [0.25, 0.3) is 0 Å². The van der Waals surface area contributed by atoms with Crippen LogP contribution in [0.1, 0.15) is 20.3 Å². The monoisotopic (exact) mass is 186 g/mol. The molecule has 0 N–H and O–H groups in total. The maximum absolute atomic E-state index is 10.9. The van der Waals surface area contributed by atoms with Gasteiger partial charge in [-0.2, -0.15) is 0 Å². The van der Waals surface area contributed by atoms with Gasteiger partial charge in [-0.1, -0.05) is 6.58 Å². The molecule has 0 aromatic heterocycles. The first-order chi connectivity index (χ1) is 5.94. The van der Waals surface area contributed by atoms with Crippen LogP contribution < -0.4 is 0 Å². The fourth-order valence-electron chi connectivity index (χ4n) is 1.20. The van der Waals surface area contributed by atoms with Crippen LogP contribution in [0.5, 0.6) is 0 Å². The van der Waals surface area contributed by atoms with E-state index in [2.05, 4.69) is 11.3 Å². The van der Waals surface area contributed by atoms with Crippen molar-refractivity contribution >= 4 is 5.97 Å². The van der Waals surface area contributed by atoms with Crippen molar-refractivity contribution in [2.75, 3.05) is 7.11 Å². The number of hydrogen-bond acceptors (Lipinski definition) is 4. The molecule has 74 valence electrons.